The lowest BCUT2D eigenvalue weighted by atomic mass is 9.87. The van der Waals surface area contributed by atoms with Gasteiger partial charge in [-0.05, 0) is 18.3 Å². The molecule has 1 aromatic heterocycles. The fourth-order valence-corrected chi connectivity index (χ4v) is 2.29. The smallest absolute Gasteiger partial charge is 0.356 e. The molecule has 1 aromatic rings. The first-order chi connectivity index (χ1) is 7.99. The third kappa shape index (κ3) is 2.54. The Labute approximate surface area is 100 Å². The zero-order valence-corrected chi connectivity index (χ0v) is 10.1. The molecule has 2 rings (SSSR count). The molecule has 92 valence electrons. The van der Waals surface area contributed by atoms with Crippen molar-refractivity contribution in [2.24, 2.45) is 5.41 Å². The molecule has 2 N–H and O–H groups in total. The second-order valence-corrected chi connectivity index (χ2v) is 5.17. The molecule has 0 amide bonds. The molecular formula is C12H17N3O2. The van der Waals surface area contributed by atoms with Crippen molar-refractivity contribution < 1.29 is 9.90 Å². The number of anilines is 1. The molecule has 1 fully saturated rings. The summed E-state index contributed by atoms with van der Waals surface area (Å²) in [5.74, 6) is -0.403. The fraction of sp³-hybridized carbons (Fsp3) is 0.583. The Morgan fingerprint density at radius 3 is 2.71 bits per heavy atom. The standard InChI is InChI=1S/C12H17N3O2/c1-12(2)5-3-4-9(12)15-10-7-13-8(6-14-10)11(16)17/h6-7,9H,3-5H2,1-2H3,(H,14,15)(H,16,17). The Hall–Kier alpha value is -1.65. The molecule has 1 atom stereocenters. The molecule has 1 aliphatic carbocycles. The molecule has 0 aliphatic heterocycles. The Kier molecular flexibility index (Phi) is 3.00. The van der Waals surface area contributed by atoms with E-state index in [0.29, 0.717) is 11.9 Å². The van der Waals surface area contributed by atoms with Gasteiger partial charge in [0, 0.05) is 6.04 Å². The van der Waals surface area contributed by atoms with E-state index in [4.69, 9.17) is 5.11 Å². The summed E-state index contributed by atoms with van der Waals surface area (Å²) in [6.45, 7) is 4.47. The lowest BCUT2D eigenvalue weighted by molar-refractivity contribution is 0.0690. The Balaban J connectivity index is 2.06. The molecular weight excluding hydrogens is 218 g/mol. The molecule has 1 heterocycles. The Morgan fingerprint density at radius 2 is 2.24 bits per heavy atom. The van der Waals surface area contributed by atoms with Gasteiger partial charge in [0.25, 0.3) is 0 Å². The van der Waals surface area contributed by atoms with Gasteiger partial charge in [0.1, 0.15) is 5.82 Å². The Bertz CT molecular complexity index is 414. The number of nitrogens with one attached hydrogen (secondary N) is 1. The molecule has 0 radical (unpaired) electrons. The third-order valence-corrected chi connectivity index (χ3v) is 3.45. The molecule has 1 unspecified atom stereocenters. The van der Waals surface area contributed by atoms with E-state index in [1.54, 1.807) is 0 Å². The summed E-state index contributed by atoms with van der Waals surface area (Å²) in [5.41, 5.74) is 0.230. The minimum atomic E-state index is -1.05. The van der Waals surface area contributed by atoms with Gasteiger partial charge >= 0.3 is 5.97 Å². The highest BCUT2D eigenvalue weighted by molar-refractivity contribution is 5.84. The average molecular weight is 235 g/mol. The zero-order valence-electron chi connectivity index (χ0n) is 10.1. The van der Waals surface area contributed by atoms with Crippen molar-refractivity contribution in [3.63, 3.8) is 0 Å². The van der Waals surface area contributed by atoms with E-state index in [1.165, 1.54) is 25.2 Å². The summed E-state index contributed by atoms with van der Waals surface area (Å²) in [6, 6.07) is 0.382. The van der Waals surface area contributed by atoms with Crippen LogP contribution in [-0.4, -0.2) is 27.1 Å². The van der Waals surface area contributed by atoms with Crippen LogP contribution >= 0.6 is 0 Å². The number of hydrogen-bond donors (Lipinski definition) is 2. The summed E-state index contributed by atoms with van der Waals surface area (Å²) in [6.07, 6.45) is 6.30. The van der Waals surface area contributed by atoms with Crippen LogP contribution in [0, 0.1) is 5.41 Å². The fourth-order valence-electron chi connectivity index (χ4n) is 2.29. The number of aromatic nitrogens is 2. The summed E-state index contributed by atoms with van der Waals surface area (Å²) in [7, 11) is 0. The second kappa shape index (κ2) is 4.31. The molecule has 0 saturated heterocycles. The number of carboxylic acids is 1. The normalized spacial score (nSPS) is 22.4. The summed E-state index contributed by atoms with van der Waals surface area (Å²) in [4.78, 5) is 18.6. The van der Waals surface area contributed by atoms with Gasteiger partial charge in [-0.3, -0.25) is 0 Å². The topological polar surface area (TPSA) is 75.1 Å². The maximum absolute atomic E-state index is 10.6. The predicted octanol–water partition coefficient (Wildman–Crippen LogP) is 2.17. The van der Waals surface area contributed by atoms with Crippen molar-refractivity contribution in [3.8, 4) is 0 Å². The maximum atomic E-state index is 10.6. The van der Waals surface area contributed by atoms with E-state index >= 15 is 0 Å². The zero-order chi connectivity index (χ0) is 12.5. The van der Waals surface area contributed by atoms with Gasteiger partial charge in [-0.2, -0.15) is 0 Å². The van der Waals surface area contributed by atoms with Crippen LogP contribution in [-0.2, 0) is 0 Å². The van der Waals surface area contributed by atoms with Crippen LogP contribution in [0.5, 0.6) is 0 Å². The number of rotatable bonds is 3. The second-order valence-electron chi connectivity index (χ2n) is 5.17. The molecule has 5 heteroatoms. The lowest BCUT2D eigenvalue weighted by Crippen LogP contribution is -2.31. The van der Waals surface area contributed by atoms with Crippen LogP contribution < -0.4 is 5.32 Å². The van der Waals surface area contributed by atoms with Crippen LogP contribution in [0.15, 0.2) is 12.4 Å². The first-order valence-corrected chi connectivity index (χ1v) is 5.81. The number of nitrogens with zero attached hydrogens (tertiary/aromatic N) is 2. The van der Waals surface area contributed by atoms with Gasteiger partial charge in [0.05, 0.1) is 12.4 Å². The van der Waals surface area contributed by atoms with Gasteiger partial charge < -0.3 is 10.4 Å². The van der Waals surface area contributed by atoms with E-state index in [1.807, 2.05) is 0 Å². The first kappa shape index (κ1) is 11.8. The highest BCUT2D eigenvalue weighted by Gasteiger charge is 2.34. The van der Waals surface area contributed by atoms with E-state index in [9.17, 15) is 4.79 Å². The van der Waals surface area contributed by atoms with Crippen LogP contribution in [0.1, 0.15) is 43.6 Å². The van der Waals surface area contributed by atoms with Gasteiger partial charge in [0.2, 0.25) is 0 Å². The quantitative estimate of drug-likeness (QED) is 0.839. The van der Waals surface area contributed by atoms with E-state index in [-0.39, 0.29) is 11.1 Å². The monoisotopic (exact) mass is 235 g/mol. The predicted molar refractivity (Wildman–Crippen MR) is 64.0 cm³/mol. The van der Waals surface area contributed by atoms with Crippen molar-refractivity contribution in [1.82, 2.24) is 9.97 Å². The molecule has 0 aromatic carbocycles. The molecule has 5 nitrogen and oxygen atoms in total. The van der Waals surface area contributed by atoms with Crippen molar-refractivity contribution >= 4 is 11.8 Å². The van der Waals surface area contributed by atoms with Crippen molar-refractivity contribution in [2.75, 3.05) is 5.32 Å². The first-order valence-electron chi connectivity index (χ1n) is 5.81. The third-order valence-electron chi connectivity index (χ3n) is 3.45. The molecule has 0 spiro atoms. The van der Waals surface area contributed by atoms with Crippen LogP contribution in [0.2, 0.25) is 0 Å². The van der Waals surface area contributed by atoms with Gasteiger partial charge in [-0.1, -0.05) is 20.3 Å². The van der Waals surface area contributed by atoms with Gasteiger partial charge in [0.15, 0.2) is 5.69 Å². The van der Waals surface area contributed by atoms with Crippen molar-refractivity contribution in [3.05, 3.63) is 18.1 Å². The average Bonchev–Trinajstić information content (AvgIpc) is 2.59. The molecule has 0 bridgehead atoms. The summed E-state index contributed by atoms with van der Waals surface area (Å²) < 4.78 is 0. The minimum Gasteiger partial charge on any atom is -0.476 e. The molecule has 1 saturated carbocycles. The van der Waals surface area contributed by atoms with Crippen LogP contribution in [0.4, 0.5) is 5.82 Å². The largest absolute Gasteiger partial charge is 0.476 e. The van der Waals surface area contributed by atoms with Gasteiger partial charge in [-0.15, -0.1) is 0 Å². The highest BCUT2D eigenvalue weighted by atomic mass is 16.4. The number of aromatic carboxylic acids is 1. The number of carboxylic acid groups (broad SMARTS) is 1. The minimum absolute atomic E-state index is 0.0266. The van der Waals surface area contributed by atoms with E-state index in [2.05, 4.69) is 29.1 Å². The Morgan fingerprint density at radius 1 is 1.47 bits per heavy atom. The molecule has 17 heavy (non-hydrogen) atoms. The van der Waals surface area contributed by atoms with E-state index in [0.717, 1.165) is 6.42 Å². The van der Waals surface area contributed by atoms with Crippen LogP contribution in [0.25, 0.3) is 0 Å². The van der Waals surface area contributed by atoms with Crippen molar-refractivity contribution in [2.45, 2.75) is 39.2 Å². The summed E-state index contributed by atoms with van der Waals surface area (Å²) >= 11 is 0. The highest BCUT2D eigenvalue weighted by Crippen LogP contribution is 2.38. The number of hydrogen-bond acceptors (Lipinski definition) is 4. The number of carbonyl (C=O) groups is 1. The SMILES string of the molecule is CC1(C)CCCC1Nc1cnc(C(=O)O)cn1. The van der Waals surface area contributed by atoms with Gasteiger partial charge in [-0.25, -0.2) is 14.8 Å². The maximum Gasteiger partial charge on any atom is 0.356 e. The molecule has 1 aliphatic rings. The lowest BCUT2D eigenvalue weighted by Gasteiger charge is -2.28. The van der Waals surface area contributed by atoms with Crippen molar-refractivity contribution in [1.29, 1.82) is 0 Å². The summed E-state index contributed by atoms with van der Waals surface area (Å²) in [5, 5.41) is 12.1. The van der Waals surface area contributed by atoms with E-state index < -0.39 is 5.97 Å². The van der Waals surface area contributed by atoms with Crippen LogP contribution in [0.3, 0.4) is 0 Å².